The highest BCUT2D eigenvalue weighted by Gasteiger charge is 2.11. The van der Waals surface area contributed by atoms with Crippen LogP contribution < -0.4 is 5.32 Å². The summed E-state index contributed by atoms with van der Waals surface area (Å²) >= 11 is 0. The van der Waals surface area contributed by atoms with Gasteiger partial charge >= 0.3 is 0 Å². The van der Waals surface area contributed by atoms with Gasteiger partial charge in [0.2, 0.25) is 0 Å². The Morgan fingerprint density at radius 1 is 1.38 bits per heavy atom. The van der Waals surface area contributed by atoms with Crippen molar-refractivity contribution in [2.75, 3.05) is 39.3 Å². The van der Waals surface area contributed by atoms with Gasteiger partial charge in [-0.2, -0.15) is 0 Å². The van der Waals surface area contributed by atoms with Crippen molar-refractivity contribution >= 4 is 0 Å². The van der Waals surface area contributed by atoms with Gasteiger partial charge in [0.25, 0.3) is 0 Å². The third-order valence-corrected chi connectivity index (χ3v) is 2.40. The van der Waals surface area contributed by atoms with Crippen LogP contribution in [0.1, 0.15) is 20.3 Å². The lowest BCUT2D eigenvalue weighted by Crippen LogP contribution is -2.35. The highest BCUT2D eigenvalue weighted by molar-refractivity contribution is 4.68. The molecule has 1 aliphatic rings. The smallest absolute Gasteiger partial charge is 0.0673 e. The molecular formula is C10H22N2O. The molecular weight excluding hydrogens is 164 g/mol. The minimum absolute atomic E-state index is 0.378. The van der Waals surface area contributed by atoms with E-state index < -0.39 is 0 Å². The molecule has 0 radical (unpaired) electrons. The fourth-order valence-corrected chi connectivity index (χ4v) is 1.79. The highest BCUT2D eigenvalue weighted by atomic mass is 16.5. The summed E-state index contributed by atoms with van der Waals surface area (Å²) in [5.41, 5.74) is 0. The fourth-order valence-electron chi connectivity index (χ4n) is 1.79. The Hall–Kier alpha value is -0.120. The Bertz CT molecular complexity index is 122. The zero-order valence-electron chi connectivity index (χ0n) is 8.88. The summed E-state index contributed by atoms with van der Waals surface area (Å²) in [6, 6.07) is 0. The van der Waals surface area contributed by atoms with E-state index in [0.29, 0.717) is 6.10 Å². The summed E-state index contributed by atoms with van der Waals surface area (Å²) in [5, 5.41) is 3.40. The van der Waals surface area contributed by atoms with E-state index in [0.717, 1.165) is 26.2 Å². The number of hydrogen-bond acceptors (Lipinski definition) is 3. The van der Waals surface area contributed by atoms with Gasteiger partial charge in [0.15, 0.2) is 0 Å². The summed E-state index contributed by atoms with van der Waals surface area (Å²) in [6.45, 7) is 10.8. The van der Waals surface area contributed by atoms with Crippen molar-refractivity contribution in [2.24, 2.45) is 0 Å². The van der Waals surface area contributed by atoms with Gasteiger partial charge in [-0.25, -0.2) is 0 Å². The van der Waals surface area contributed by atoms with Crippen molar-refractivity contribution in [3.05, 3.63) is 0 Å². The Kier molecular flexibility index (Phi) is 5.35. The molecule has 1 heterocycles. The molecule has 0 amide bonds. The van der Waals surface area contributed by atoms with Gasteiger partial charge < -0.3 is 10.1 Å². The molecule has 1 fully saturated rings. The van der Waals surface area contributed by atoms with Crippen molar-refractivity contribution in [3.8, 4) is 0 Å². The molecule has 0 aromatic carbocycles. The van der Waals surface area contributed by atoms with Crippen LogP contribution in [0.15, 0.2) is 0 Å². The van der Waals surface area contributed by atoms with Gasteiger partial charge in [-0.15, -0.1) is 0 Å². The van der Waals surface area contributed by atoms with Crippen LogP contribution >= 0.6 is 0 Å². The summed E-state index contributed by atoms with van der Waals surface area (Å²) in [7, 11) is 0. The molecule has 13 heavy (non-hydrogen) atoms. The average Bonchev–Trinajstić information content (AvgIpc) is 2.33. The van der Waals surface area contributed by atoms with Crippen LogP contribution in [0.25, 0.3) is 0 Å². The molecule has 1 saturated heterocycles. The van der Waals surface area contributed by atoms with Crippen LogP contribution in [0.3, 0.4) is 0 Å². The molecule has 0 saturated carbocycles. The van der Waals surface area contributed by atoms with Crippen LogP contribution in [0.5, 0.6) is 0 Å². The first-order valence-corrected chi connectivity index (χ1v) is 5.37. The first-order valence-electron chi connectivity index (χ1n) is 5.37. The Labute approximate surface area is 81.4 Å². The topological polar surface area (TPSA) is 24.5 Å². The maximum absolute atomic E-state index is 5.52. The van der Waals surface area contributed by atoms with Crippen LogP contribution in [0, 0.1) is 0 Å². The average molecular weight is 186 g/mol. The first-order chi connectivity index (χ1) is 6.33. The molecule has 0 bridgehead atoms. The molecule has 3 heteroatoms. The molecule has 0 spiro atoms. The maximum Gasteiger partial charge on any atom is 0.0673 e. The van der Waals surface area contributed by atoms with Gasteiger partial charge in [0, 0.05) is 26.2 Å². The minimum atomic E-state index is 0.378. The lowest BCUT2D eigenvalue weighted by Gasteiger charge is -2.23. The molecule has 0 aliphatic carbocycles. The lowest BCUT2D eigenvalue weighted by atomic mass is 10.3. The summed E-state index contributed by atoms with van der Waals surface area (Å²) < 4.78 is 5.52. The lowest BCUT2D eigenvalue weighted by molar-refractivity contribution is 0.0473. The molecule has 78 valence electrons. The second kappa shape index (κ2) is 6.35. The van der Waals surface area contributed by atoms with Crippen LogP contribution in [0.4, 0.5) is 0 Å². The van der Waals surface area contributed by atoms with Crippen molar-refractivity contribution in [3.63, 3.8) is 0 Å². The van der Waals surface area contributed by atoms with E-state index in [9.17, 15) is 0 Å². The molecule has 1 rings (SSSR count). The number of nitrogens with one attached hydrogen (secondary N) is 1. The SMILES string of the molecule is CCOC(C)CN1CCCNCC1. The summed E-state index contributed by atoms with van der Waals surface area (Å²) in [4.78, 5) is 2.49. The van der Waals surface area contributed by atoms with Gasteiger partial charge in [-0.3, -0.25) is 4.90 Å². The van der Waals surface area contributed by atoms with Gasteiger partial charge in [-0.1, -0.05) is 0 Å². The molecule has 1 aliphatic heterocycles. The first kappa shape index (κ1) is 11.0. The monoisotopic (exact) mass is 186 g/mol. The predicted molar refractivity (Wildman–Crippen MR) is 55.0 cm³/mol. The Morgan fingerprint density at radius 3 is 3.00 bits per heavy atom. The van der Waals surface area contributed by atoms with E-state index in [-0.39, 0.29) is 0 Å². The number of ether oxygens (including phenoxy) is 1. The van der Waals surface area contributed by atoms with Crippen molar-refractivity contribution in [2.45, 2.75) is 26.4 Å². The second-order valence-corrected chi connectivity index (χ2v) is 3.67. The molecule has 0 aromatic heterocycles. The molecule has 1 atom stereocenters. The van der Waals surface area contributed by atoms with E-state index in [1.165, 1.54) is 19.5 Å². The third kappa shape index (κ3) is 4.60. The normalized spacial score (nSPS) is 22.6. The molecule has 0 aromatic rings. The van der Waals surface area contributed by atoms with Crippen molar-refractivity contribution in [1.29, 1.82) is 0 Å². The van der Waals surface area contributed by atoms with E-state index in [2.05, 4.69) is 24.1 Å². The van der Waals surface area contributed by atoms with Crippen molar-refractivity contribution < 1.29 is 4.74 Å². The van der Waals surface area contributed by atoms with Crippen LogP contribution in [-0.4, -0.2) is 50.3 Å². The fraction of sp³-hybridized carbons (Fsp3) is 1.00. The van der Waals surface area contributed by atoms with Gasteiger partial charge in [-0.05, 0) is 33.4 Å². The largest absolute Gasteiger partial charge is 0.377 e. The third-order valence-electron chi connectivity index (χ3n) is 2.40. The van der Waals surface area contributed by atoms with E-state index in [1.54, 1.807) is 0 Å². The van der Waals surface area contributed by atoms with Gasteiger partial charge in [0.05, 0.1) is 6.10 Å². The quantitative estimate of drug-likeness (QED) is 0.699. The summed E-state index contributed by atoms with van der Waals surface area (Å²) in [5.74, 6) is 0. The van der Waals surface area contributed by atoms with Crippen LogP contribution in [0.2, 0.25) is 0 Å². The zero-order chi connectivity index (χ0) is 9.52. The minimum Gasteiger partial charge on any atom is -0.377 e. The molecule has 1 unspecified atom stereocenters. The van der Waals surface area contributed by atoms with E-state index in [1.807, 2.05) is 0 Å². The summed E-state index contributed by atoms with van der Waals surface area (Å²) in [6.07, 6.45) is 1.64. The Morgan fingerprint density at radius 2 is 2.23 bits per heavy atom. The molecule has 3 nitrogen and oxygen atoms in total. The Balaban J connectivity index is 2.17. The number of nitrogens with zero attached hydrogens (tertiary/aromatic N) is 1. The number of hydrogen-bond donors (Lipinski definition) is 1. The highest BCUT2D eigenvalue weighted by Crippen LogP contribution is 1.99. The molecule has 1 N–H and O–H groups in total. The zero-order valence-corrected chi connectivity index (χ0v) is 8.88. The van der Waals surface area contributed by atoms with E-state index >= 15 is 0 Å². The maximum atomic E-state index is 5.52. The predicted octanol–water partition coefficient (Wildman–Crippen LogP) is 0.707. The van der Waals surface area contributed by atoms with Gasteiger partial charge in [0.1, 0.15) is 0 Å². The van der Waals surface area contributed by atoms with Crippen LogP contribution in [-0.2, 0) is 4.74 Å². The van der Waals surface area contributed by atoms with Crippen molar-refractivity contribution in [1.82, 2.24) is 10.2 Å². The standard InChI is InChI=1S/C10H22N2O/c1-3-13-10(2)9-12-7-4-5-11-6-8-12/h10-11H,3-9H2,1-2H3. The number of rotatable bonds is 4. The second-order valence-electron chi connectivity index (χ2n) is 3.67. The van der Waals surface area contributed by atoms with E-state index in [4.69, 9.17) is 4.74 Å².